The van der Waals surface area contributed by atoms with Crippen molar-refractivity contribution in [2.45, 2.75) is 25.3 Å². The second-order valence-corrected chi connectivity index (χ2v) is 5.08. The van der Waals surface area contributed by atoms with E-state index in [0.717, 1.165) is 19.3 Å². The van der Waals surface area contributed by atoms with Gasteiger partial charge in [0.15, 0.2) is 0 Å². The van der Waals surface area contributed by atoms with E-state index in [4.69, 9.17) is 5.84 Å². The van der Waals surface area contributed by atoms with E-state index in [0.29, 0.717) is 6.04 Å². The second kappa shape index (κ2) is 7.29. The largest absolute Gasteiger partial charge is 0.271 e. The van der Waals surface area contributed by atoms with Crippen molar-refractivity contribution in [2.24, 2.45) is 5.84 Å². The molecule has 3 N–H and O–H groups in total. The number of thioether (sulfide) groups is 1. The molecule has 0 aliphatic rings. The van der Waals surface area contributed by atoms with Gasteiger partial charge in [0.25, 0.3) is 0 Å². The summed E-state index contributed by atoms with van der Waals surface area (Å²) in [7, 11) is 0. The molecule has 1 rings (SSSR count). The van der Waals surface area contributed by atoms with Gasteiger partial charge in [-0.2, -0.15) is 23.1 Å². The van der Waals surface area contributed by atoms with E-state index in [2.05, 4.69) is 28.5 Å². The summed E-state index contributed by atoms with van der Waals surface area (Å²) >= 11 is 3.64. The van der Waals surface area contributed by atoms with Crippen molar-refractivity contribution in [3.63, 3.8) is 0 Å². The third-order valence-corrected chi connectivity index (χ3v) is 3.64. The molecule has 14 heavy (non-hydrogen) atoms. The predicted molar refractivity (Wildman–Crippen MR) is 66.8 cm³/mol. The van der Waals surface area contributed by atoms with E-state index < -0.39 is 0 Å². The highest BCUT2D eigenvalue weighted by atomic mass is 32.2. The average molecular weight is 230 g/mol. The SMILES string of the molecule is CSCCC(CCc1ccsc1)NN. The Morgan fingerprint density at radius 2 is 2.43 bits per heavy atom. The van der Waals surface area contributed by atoms with Crippen LogP contribution < -0.4 is 11.3 Å². The summed E-state index contributed by atoms with van der Waals surface area (Å²) < 4.78 is 0. The fourth-order valence-electron chi connectivity index (χ4n) is 1.35. The highest BCUT2D eigenvalue weighted by molar-refractivity contribution is 7.98. The summed E-state index contributed by atoms with van der Waals surface area (Å²) in [4.78, 5) is 0. The predicted octanol–water partition coefficient (Wildman–Crippen LogP) is 2.27. The summed E-state index contributed by atoms with van der Waals surface area (Å²) in [6.07, 6.45) is 5.55. The lowest BCUT2D eigenvalue weighted by atomic mass is 10.1. The summed E-state index contributed by atoms with van der Waals surface area (Å²) in [5.74, 6) is 6.68. The molecule has 0 saturated carbocycles. The lowest BCUT2D eigenvalue weighted by Crippen LogP contribution is -2.35. The first-order chi connectivity index (χ1) is 6.86. The van der Waals surface area contributed by atoms with Gasteiger partial charge in [-0.1, -0.05) is 0 Å². The number of hydrazine groups is 1. The molecule has 0 aliphatic carbocycles. The molecule has 1 atom stereocenters. The van der Waals surface area contributed by atoms with Gasteiger partial charge in [-0.15, -0.1) is 0 Å². The summed E-state index contributed by atoms with van der Waals surface area (Å²) in [6.45, 7) is 0. The van der Waals surface area contributed by atoms with Crippen molar-refractivity contribution in [1.82, 2.24) is 5.43 Å². The molecule has 0 aliphatic heterocycles. The number of hydrogen-bond donors (Lipinski definition) is 2. The highest BCUT2D eigenvalue weighted by Crippen LogP contribution is 2.11. The van der Waals surface area contributed by atoms with E-state index in [1.165, 1.54) is 11.3 Å². The smallest absolute Gasteiger partial charge is 0.0221 e. The Morgan fingerprint density at radius 3 is 3.00 bits per heavy atom. The second-order valence-electron chi connectivity index (χ2n) is 3.32. The number of thiophene rings is 1. The van der Waals surface area contributed by atoms with E-state index in [1.807, 2.05) is 11.8 Å². The fourth-order valence-corrected chi connectivity index (χ4v) is 2.57. The van der Waals surface area contributed by atoms with E-state index in [1.54, 1.807) is 11.3 Å². The summed E-state index contributed by atoms with van der Waals surface area (Å²) in [5, 5.41) is 4.34. The van der Waals surface area contributed by atoms with Crippen LogP contribution in [0.4, 0.5) is 0 Å². The maximum absolute atomic E-state index is 5.50. The van der Waals surface area contributed by atoms with Crippen LogP contribution in [0.3, 0.4) is 0 Å². The van der Waals surface area contributed by atoms with Crippen LogP contribution in [0.2, 0.25) is 0 Å². The Bertz CT molecular complexity index is 224. The molecule has 1 unspecified atom stereocenters. The Kier molecular flexibility index (Phi) is 6.27. The summed E-state index contributed by atoms with van der Waals surface area (Å²) in [6, 6.07) is 2.65. The van der Waals surface area contributed by atoms with Crippen LogP contribution in [0.15, 0.2) is 16.8 Å². The Labute approximate surface area is 94.2 Å². The number of rotatable bonds is 7. The average Bonchev–Trinajstić information content (AvgIpc) is 2.71. The van der Waals surface area contributed by atoms with Crippen molar-refractivity contribution in [1.29, 1.82) is 0 Å². The monoisotopic (exact) mass is 230 g/mol. The van der Waals surface area contributed by atoms with E-state index in [-0.39, 0.29) is 0 Å². The van der Waals surface area contributed by atoms with Gasteiger partial charge in [0.05, 0.1) is 0 Å². The first-order valence-corrected chi connectivity index (χ1v) is 7.16. The molecule has 0 bridgehead atoms. The van der Waals surface area contributed by atoms with Gasteiger partial charge in [-0.25, -0.2) is 0 Å². The maximum atomic E-state index is 5.50. The lowest BCUT2D eigenvalue weighted by molar-refractivity contribution is 0.484. The van der Waals surface area contributed by atoms with Crippen LogP contribution in [0.25, 0.3) is 0 Å². The van der Waals surface area contributed by atoms with Crippen molar-refractivity contribution < 1.29 is 0 Å². The fraction of sp³-hybridized carbons (Fsp3) is 0.600. The van der Waals surface area contributed by atoms with Gasteiger partial charge in [0, 0.05) is 6.04 Å². The molecule has 0 spiro atoms. The molecule has 1 heterocycles. The van der Waals surface area contributed by atoms with Gasteiger partial charge < -0.3 is 0 Å². The van der Waals surface area contributed by atoms with Crippen LogP contribution in [0.1, 0.15) is 18.4 Å². The van der Waals surface area contributed by atoms with Gasteiger partial charge in [0.2, 0.25) is 0 Å². The van der Waals surface area contributed by atoms with Crippen LogP contribution in [-0.2, 0) is 6.42 Å². The molecule has 80 valence electrons. The van der Waals surface area contributed by atoms with Gasteiger partial charge in [-0.3, -0.25) is 11.3 Å². The zero-order valence-corrected chi connectivity index (χ0v) is 10.2. The Balaban J connectivity index is 2.20. The number of nitrogens with one attached hydrogen (secondary N) is 1. The standard InChI is InChI=1S/C10H18N2S2/c1-13-6-5-10(12-11)3-2-9-4-7-14-8-9/h4,7-8,10,12H,2-3,5-6,11H2,1H3. The third-order valence-electron chi connectivity index (χ3n) is 2.27. The zero-order valence-electron chi connectivity index (χ0n) is 8.53. The Hall–Kier alpha value is -0.0300. The van der Waals surface area contributed by atoms with E-state index >= 15 is 0 Å². The molecule has 0 amide bonds. The summed E-state index contributed by atoms with van der Waals surface area (Å²) in [5.41, 5.74) is 4.32. The third kappa shape index (κ3) is 4.46. The van der Waals surface area contributed by atoms with Crippen molar-refractivity contribution in [3.05, 3.63) is 22.4 Å². The number of hydrogen-bond acceptors (Lipinski definition) is 4. The van der Waals surface area contributed by atoms with Crippen molar-refractivity contribution >= 4 is 23.1 Å². The normalized spacial score (nSPS) is 13.0. The molecule has 0 fully saturated rings. The molecule has 0 aromatic carbocycles. The van der Waals surface area contributed by atoms with Crippen LogP contribution in [0, 0.1) is 0 Å². The minimum atomic E-state index is 0.461. The minimum Gasteiger partial charge on any atom is -0.271 e. The van der Waals surface area contributed by atoms with Crippen molar-refractivity contribution in [2.75, 3.05) is 12.0 Å². The van der Waals surface area contributed by atoms with Crippen LogP contribution in [-0.4, -0.2) is 18.1 Å². The topological polar surface area (TPSA) is 38.0 Å². The first-order valence-electron chi connectivity index (χ1n) is 4.83. The molecular weight excluding hydrogens is 212 g/mol. The van der Waals surface area contributed by atoms with Gasteiger partial charge >= 0.3 is 0 Å². The minimum absolute atomic E-state index is 0.461. The molecule has 1 aromatic rings. The molecule has 4 heteroatoms. The quantitative estimate of drug-likeness (QED) is 0.557. The highest BCUT2D eigenvalue weighted by Gasteiger charge is 2.06. The van der Waals surface area contributed by atoms with Crippen LogP contribution in [0.5, 0.6) is 0 Å². The molecule has 2 nitrogen and oxygen atoms in total. The van der Waals surface area contributed by atoms with Gasteiger partial charge in [-0.05, 0) is 53.7 Å². The first kappa shape index (κ1) is 12.0. The maximum Gasteiger partial charge on any atom is 0.0221 e. The number of nitrogens with two attached hydrogens (primary N) is 1. The van der Waals surface area contributed by atoms with Crippen LogP contribution >= 0.6 is 23.1 Å². The van der Waals surface area contributed by atoms with E-state index in [9.17, 15) is 0 Å². The number of aryl methyl sites for hydroxylation is 1. The van der Waals surface area contributed by atoms with Gasteiger partial charge in [0.1, 0.15) is 0 Å². The molecular formula is C10H18N2S2. The van der Waals surface area contributed by atoms with Crippen molar-refractivity contribution in [3.8, 4) is 0 Å². The molecule has 1 aromatic heterocycles. The lowest BCUT2D eigenvalue weighted by Gasteiger charge is -2.14. The zero-order chi connectivity index (χ0) is 10.2. The molecule has 0 saturated heterocycles. The molecule has 0 radical (unpaired) electrons. The Morgan fingerprint density at radius 1 is 1.57 bits per heavy atom.